The highest BCUT2D eigenvalue weighted by atomic mass is 16.5. The lowest BCUT2D eigenvalue weighted by atomic mass is 9.91. The lowest BCUT2D eigenvalue weighted by molar-refractivity contribution is 0.0485. The van der Waals surface area contributed by atoms with Crippen molar-refractivity contribution in [3.8, 4) is 0 Å². The van der Waals surface area contributed by atoms with E-state index in [1.165, 1.54) is 25.8 Å². The number of nitrogens with one attached hydrogen (secondary N) is 1. The van der Waals surface area contributed by atoms with Crippen LogP contribution in [0.3, 0.4) is 0 Å². The summed E-state index contributed by atoms with van der Waals surface area (Å²) in [5, 5.41) is 3.58. The molecule has 1 N–H and O–H groups in total. The monoisotopic (exact) mass is 212 g/mol. The predicted molar refractivity (Wildman–Crippen MR) is 62.0 cm³/mol. The first-order valence-electron chi connectivity index (χ1n) is 6.27. The normalized spacial score (nSPS) is 35.6. The van der Waals surface area contributed by atoms with Crippen molar-refractivity contribution >= 4 is 0 Å². The number of hydrogen-bond donors (Lipinski definition) is 1. The zero-order valence-electron chi connectivity index (χ0n) is 10.0. The average Bonchev–Trinajstić information content (AvgIpc) is 2.24. The Morgan fingerprint density at radius 2 is 2.07 bits per heavy atom. The molecule has 2 aliphatic heterocycles. The van der Waals surface area contributed by atoms with Gasteiger partial charge in [-0.2, -0.15) is 0 Å². The summed E-state index contributed by atoms with van der Waals surface area (Å²) in [5.41, 5.74) is 0. The fourth-order valence-corrected chi connectivity index (χ4v) is 2.77. The summed E-state index contributed by atoms with van der Waals surface area (Å²) in [7, 11) is 2.27. The average molecular weight is 212 g/mol. The van der Waals surface area contributed by atoms with Gasteiger partial charge in [0.15, 0.2) is 0 Å². The maximum absolute atomic E-state index is 5.40. The lowest BCUT2D eigenvalue weighted by Crippen LogP contribution is -2.54. The van der Waals surface area contributed by atoms with Crippen LogP contribution in [-0.4, -0.2) is 50.3 Å². The van der Waals surface area contributed by atoms with Crippen LogP contribution in [0.1, 0.15) is 26.2 Å². The SMILES string of the molecule is CC1CN(C)C(CC2CCOCC2)CN1. The summed E-state index contributed by atoms with van der Waals surface area (Å²) in [6, 6.07) is 1.39. The summed E-state index contributed by atoms with van der Waals surface area (Å²) in [6.45, 7) is 6.57. The Hall–Kier alpha value is -0.120. The van der Waals surface area contributed by atoms with Crippen LogP contribution in [0, 0.1) is 5.92 Å². The molecule has 2 rings (SSSR count). The van der Waals surface area contributed by atoms with E-state index in [-0.39, 0.29) is 0 Å². The number of hydrogen-bond acceptors (Lipinski definition) is 3. The second kappa shape index (κ2) is 5.28. The second-order valence-corrected chi connectivity index (χ2v) is 5.19. The van der Waals surface area contributed by atoms with Crippen molar-refractivity contribution < 1.29 is 4.74 Å². The highest BCUT2D eigenvalue weighted by Gasteiger charge is 2.26. The van der Waals surface area contributed by atoms with Gasteiger partial charge in [-0.3, -0.25) is 0 Å². The van der Waals surface area contributed by atoms with Crippen molar-refractivity contribution in [2.75, 3.05) is 33.4 Å². The van der Waals surface area contributed by atoms with E-state index < -0.39 is 0 Å². The molecule has 2 atom stereocenters. The summed E-state index contributed by atoms with van der Waals surface area (Å²) in [5.74, 6) is 0.890. The summed E-state index contributed by atoms with van der Waals surface area (Å²) in [4.78, 5) is 2.52. The molecule has 3 nitrogen and oxygen atoms in total. The highest BCUT2D eigenvalue weighted by molar-refractivity contribution is 4.84. The number of piperazine rings is 1. The Bertz CT molecular complexity index is 192. The first-order valence-corrected chi connectivity index (χ1v) is 6.27. The van der Waals surface area contributed by atoms with E-state index in [4.69, 9.17) is 4.74 Å². The second-order valence-electron chi connectivity index (χ2n) is 5.19. The van der Waals surface area contributed by atoms with Crippen molar-refractivity contribution in [2.24, 2.45) is 5.92 Å². The molecule has 0 aromatic heterocycles. The van der Waals surface area contributed by atoms with E-state index in [1.54, 1.807) is 0 Å². The number of rotatable bonds is 2. The van der Waals surface area contributed by atoms with E-state index in [0.29, 0.717) is 6.04 Å². The van der Waals surface area contributed by atoms with E-state index >= 15 is 0 Å². The van der Waals surface area contributed by atoms with Gasteiger partial charge in [-0.15, -0.1) is 0 Å². The smallest absolute Gasteiger partial charge is 0.0468 e. The fraction of sp³-hybridized carbons (Fsp3) is 1.00. The zero-order chi connectivity index (χ0) is 10.7. The van der Waals surface area contributed by atoms with Gasteiger partial charge in [-0.05, 0) is 39.2 Å². The van der Waals surface area contributed by atoms with E-state index in [2.05, 4.69) is 24.2 Å². The topological polar surface area (TPSA) is 24.5 Å². The van der Waals surface area contributed by atoms with Crippen molar-refractivity contribution in [1.29, 1.82) is 0 Å². The third kappa shape index (κ3) is 3.16. The van der Waals surface area contributed by atoms with Gasteiger partial charge < -0.3 is 15.0 Å². The van der Waals surface area contributed by atoms with Crippen LogP contribution in [0.4, 0.5) is 0 Å². The standard InChI is InChI=1S/C12H24N2O/c1-10-9-14(2)12(8-13-10)7-11-3-5-15-6-4-11/h10-13H,3-9H2,1-2H3. The predicted octanol–water partition coefficient (Wildman–Crippen LogP) is 1.10. The molecule has 2 fully saturated rings. The van der Waals surface area contributed by atoms with Crippen LogP contribution < -0.4 is 5.32 Å². The first-order chi connectivity index (χ1) is 7.25. The molecule has 2 aliphatic rings. The van der Waals surface area contributed by atoms with Gasteiger partial charge in [0.1, 0.15) is 0 Å². The van der Waals surface area contributed by atoms with Gasteiger partial charge in [0.25, 0.3) is 0 Å². The van der Waals surface area contributed by atoms with Crippen LogP contribution in [0.2, 0.25) is 0 Å². The Morgan fingerprint density at radius 1 is 1.33 bits per heavy atom. The third-order valence-electron chi connectivity index (χ3n) is 3.83. The Labute approximate surface area is 93.2 Å². The van der Waals surface area contributed by atoms with Crippen molar-refractivity contribution in [3.63, 3.8) is 0 Å². The minimum absolute atomic E-state index is 0.654. The highest BCUT2D eigenvalue weighted by Crippen LogP contribution is 2.22. The van der Waals surface area contributed by atoms with Crippen molar-refractivity contribution in [2.45, 2.75) is 38.3 Å². The van der Waals surface area contributed by atoms with Crippen LogP contribution in [0.5, 0.6) is 0 Å². The lowest BCUT2D eigenvalue weighted by Gasteiger charge is -2.39. The van der Waals surface area contributed by atoms with Crippen LogP contribution in [-0.2, 0) is 4.74 Å². The minimum atomic E-state index is 0.654. The van der Waals surface area contributed by atoms with E-state index in [9.17, 15) is 0 Å². The number of nitrogens with zero attached hydrogens (tertiary/aromatic N) is 1. The first kappa shape index (κ1) is 11.4. The summed E-state index contributed by atoms with van der Waals surface area (Å²) < 4.78 is 5.40. The van der Waals surface area contributed by atoms with Gasteiger partial charge in [0, 0.05) is 38.4 Å². The maximum atomic E-state index is 5.40. The van der Waals surface area contributed by atoms with Gasteiger partial charge in [0.2, 0.25) is 0 Å². The third-order valence-corrected chi connectivity index (χ3v) is 3.83. The molecule has 0 aromatic carbocycles. The molecular formula is C12H24N2O. The molecule has 2 unspecified atom stereocenters. The van der Waals surface area contributed by atoms with Gasteiger partial charge >= 0.3 is 0 Å². The molecule has 2 heterocycles. The number of ether oxygens (including phenoxy) is 1. The molecule has 0 bridgehead atoms. The molecule has 0 spiro atoms. The molecule has 3 heteroatoms. The van der Waals surface area contributed by atoms with Crippen LogP contribution in [0.15, 0.2) is 0 Å². The molecular weight excluding hydrogens is 188 g/mol. The van der Waals surface area contributed by atoms with Crippen LogP contribution in [0.25, 0.3) is 0 Å². The zero-order valence-corrected chi connectivity index (χ0v) is 10.0. The molecule has 0 amide bonds. The van der Waals surface area contributed by atoms with Crippen LogP contribution >= 0.6 is 0 Å². The Balaban J connectivity index is 1.77. The molecule has 0 saturated carbocycles. The van der Waals surface area contributed by atoms with Gasteiger partial charge in [0.05, 0.1) is 0 Å². The fourth-order valence-electron chi connectivity index (χ4n) is 2.77. The molecule has 0 aliphatic carbocycles. The van der Waals surface area contributed by atoms with Gasteiger partial charge in [-0.1, -0.05) is 0 Å². The van der Waals surface area contributed by atoms with Crippen molar-refractivity contribution in [1.82, 2.24) is 10.2 Å². The molecule has 2 saturated heterocycles. The summed E-state index contributed by atoms with van der Waals surface area (Å²) in [6.07, 6.45) is 3.87. The van der Waals surface area contributed by atoms with E-state index in [1.807, 2.05) is 0 Å². The van der Waals surface area contributed by atoms with E-state index in [0.717, 1.165) is 31.7 Å². The number of likely N-dealkylation sites (N-methyl/N-ethyl adjacent to an activating group) is 1. The molecule has 15 heavy (non-hydrogen) atoms. The summed E-state index contributed by atoms with van der Waals surface area (Å²) >= 11 is 0. The largest absolute Gasteiger partial charge is 0.381 e. The molecule has 0 radical (unpaired) electrons. The minimum Gasteiger partial charge on any atom is -0.381 e. The molecule has 88 valence electrons. The van der Waals surface area contributed by atoms with Gasteiger partial charge in [-0.25, -0.2) is 0 Å². The Morgan fingerprint density at radius 3 is 2.73 bits per heavy atom. The van der Waals surface area contributed by atoms with Crippen molar-refractivity contribution in [3.05, 3.63) is 0 Å². The maximum Gasteiger partial charge on any atom is 0.0468 e. The Kier molecular flexibility index (Phi) is 4.00. The molecule has 0 aromatic rings. The quantitative estimate of drug-likeness (QED) is 0.742.